The first-order valence-electron chi connectivity index (χ1n) is 6.99. The van der Waals surface area contributed by atoms with Crippen molar-refractivity contribution >= 4 is 5.97 Å². The smallest absolute Gasteiger partial charge is 0.359 e. The Kier molecular flexibility index (Phi) is 3.04. The number of fused-ring (bicyclic) bond motifs is 3. The Morgan fingerprint density at radius 2 is 2.24 bits per heavy atom. The zero-order valence-corrected chi connectivity index (χ0v) is 12.7. The monoisotopic (exact) mass is 286 g/mol. The number of aryl methyl sites for hydroxylation is 1. The summed E-state index contributed by atoms with van der Waals surface area (Å²) in [5.74, 6) is -0.375. The average Bonchev–Trinajstić information content (AvgIpc) is 2.78. The second kappa shape index (κ2) is 4.65. The highest BCUT2D eigenvalue weighted by atomic mass is 16.5. The number of hydrogen-bond donors (Lipinski definition) is 0. The SMILES string of the molecule is CCOC(=O)c1nn(C)c2c1C(C)(C)Cc1cncnc1-2. The summed E-state index contributed by atoms with van der Waals surface area (Å²) >= 11 is 0. The Balaban J connectivity index is 2.27. The van der Waals surface area contributed by atoms with Gasteiger partial charge in [-0.25, -0.2) is 14.8 Å². The second-order valence-corrected chi connectivity index (χ2v) is 5.87. The van der Waals surface area contributed by atoms with Crippen LogP contribution in [0.15, 0.2) is 12.5 Å². The minimum Gasteiger partial charge on any atom is -0.461 e. The molecule has 2 aromatic rings. The molecule has 0 aromatic carbocycles. The number of esters is 1. The van der Waals surface area contributed by atoms with Crippen molar-refractivity contribution in [3.8, 4) is 11.4 Å². The molecule has 0 aliphatic heterocycles. The Hall–Kier alpha value is -2.24. The first-order valence-corrected chi connectivity index (χ1v) is 6.99. The molecule has 0 bridgehead atoms. The first-order chi connectivity index (χ1) is 9.95. The lowest BCUT2D eigenvalue weighted by Crippen LogP contribution is -2.28. The van der Waals surface area contributed by atoms with Crippen molar-refractivity contribution in [1.82, 2.24) is 19.7 Å². The molecular weight excluding hydrogens is 268 g/mol. The molecule has 1 aliphatic rings. The van der Waals surface area contributed by atoms with Gasteiger partial charge in [-0.05, 0) is 24.3 Å². The summed E-state index contributed by atoms with van der Waals surface area (Å²) in [5, 5.41) is 4.39. The van der Waals surface area contributed by atoms with Gasteiger partial charge >= 0.3 is 5.97 Å². The lowest BCUT2D eigenvalue weighted by molar-refractivity contribution is 0.0515. The van der Waals surface area contributed by atoms with Crippen LogP contribution in [0.2, 0.25) is 0 Å². The molecule has 2 aromatic heterocycles. The third kappa shape index (κ3) is 2.02. The molecule has 0 atom stereocenters. The fourth-order valence-corrected chi connectivity index (χ4v) is 3.04. The van der Waals surface area contributed by atoms with Crippen molar-refractivity contribution in [2.45, 2.75) is 32.6 Å². The molecule has 0 unspecified atom stereocenters. The third-order valence-electron chi connectivity index (χ3n) is 3.84. The van der Waals surface area contributed by atoms with Gasteiger partial charge < -0.3 is 4.74 Å². The van der Waals surface area contributed by atoms with Crippen LogP contribution in [0, 0.1) is 0 Å². The lowest BCUT2D eigenvalue weighted by Gasteiger charge is -2.31. The van der Waals surface area contributed by atoms with Gasteiger partial charge in [0.2, 0.25) is 0 Å². The third-order valence-corrected chi connectivity index (χ3v) is 3.84. The van der Waals surface area contributed by atoms with E-state index in [0.717, 1.165) is 28.9 Å². The van der Waals surface area contributed by atoms with E-state index in [0.29, 0.717) is 12.3 Å². The largest absolute Gasteiger partial charge is 0.461 e. The van der Waals surface area contributed by atoms with Crippen LogP contribution in [0.4, 0.5) is 0 Å². The molecule has 0 amide bonds. The van der Waals surface area contributed by atoms with Gasteiger partial charge in [-0.2, -0.15) is 5.10 Å². The Labute approximate surface area is 123 Å². The second-order valence-electron chi connectivity index (χ2n) is 5.87. The molecule has 0 N–H and O–H groups in total. The molecule has 0 saturated heterocycles. The fourth-order valence-electron chi connectivity index (χ4n) is 3.04. The van der Waals surface area contributed by atoms with Crippen LogP contribution < -0.4 is 0 Å². The highest BCUT2D eigenvalue weighted by Crippen LogP contribution is 2.43. The van der Waals surface area contributed by atoms with E-state index in [-0.39, 0.29) is 11.4 Å². The maximum atomic E-state index is 12.2. The molecule has 21 heavy (non-hydrogen) atoms. The number of carbonyl (C=O) groups is 1. The molecular formula is C15H18N4O2. The minimum atomic E-state index is -0.375. The summed E-state index contributed by atoms with van der Waals surface area (Å²) in [6, 6.07) is 0. The standard InChI is InChI=1S/C15H18N4O2/c1-5-21-14(20)12-10-13(19(4)18-12)11-9(6-15(10,2)3)7-16-8-17-11/h7-8H,5-6H2,1-4H3. The number of aromatic nitrogens is 4. The average molecular weight is 286 g/mol. The van der Waals surface area contributed by atoms with E-state index in [1.54, 1.807) is 11.6 Å². The maximum Gasteiger partial charge on any atom is 0.359 e. The van der Waals surface area contributed by atoms with E-state index in [9.17, 15) is 4.79 Å². The van der Waals surface area contributed by atoms with Crippen LogP contribution in [0.5, 0.6) is 0 Å². The van der Waals surface area contributed by atoms with Gasteiger partial charge in [-0.1, -0.05) is 13.8 Å². The van der Waals surface area contributed by atoms with Crippen LogP contribution in [-0.2, 0) is 23.6 Å². The minimum absolute atomic E-state index is 0.219. The number of ether oxygens (including phenoxy) is 1. The summed E-state index contributed by atoms with van der Waals surface area (Å²) in [4.78, 5) is 20.7. The van der Waals surface area contributed by atoms with E-state index >= 15 is 0 Å². The molecule has 2 heterocycles. The number of hydrogen-bond acceptors (Lipinski definition) is 5. The van der Waals surface area contributed by atoms with Gasteiger partial charge in [-0.15, -0.1) is 0 Å². The van der Waals surface area contributed by atoms with Crippen LogP contribution in [0.25, 0.3) is 11.4 Å². The van der Waals surface area contributed by atoms with Crippen LogP contribution in [-0.4, -0.2) is 32.3 Å². The summed E-state index contributed by atoms with van der Waals surface area (Å²) in [6.45, 7) is 6.34. The normalized spacial score (nSPS) is 15.2. The zero-order valence-electron chi connectivity index (χ0n) is 12.7. The van der Waals surface area contributed by atoms with Crippen molar-refractivity contribution in [2.24, 2.45) is 7.05 Å². The van der Waals surface area contributed by atoms with Crippen LogP contribution in [0.1, 0.15) is 42.4 Å². The topological polar surface area (TPSA) is 69.9 Å². The van der Waals surface area contributed by atoms with E-state index in [2.05, 4.69) is 28.9 Å². The van der Waals surface area contributed by atoms with Crippen molar-refractivity contribution in [3.05, 3.63) is 29.3 Å². The van der Waals surface area contributed by atoms with E-state index < -0.39 is 0 Å². The molecule has 1 aliphatic carbocycles. The maximum absolute atomic E-state index is 12.2. The van der Waals surface area contributed by atoms with Gasteiger partial charge in [0.05, 0.1) is 18.0 Å². The Morgan fingerprint density at radius 3 is 2.95 bits per heavy atom. The number of carbonyl (C=O) groups excluding carboxylic acids is 1. The van der Waals surface area contributed by atoms with E-state index in [1.165, 1.54) is 6.33 Å². The first kappa shape index (κ1) is 13.7. The zero-order chi connectivity index (χ0) is 15.2. The highest BCUT2D eigenvalue weighted by molar-refractivity contribution is 5.92. The molecule has 0 radical (unpaired) electrons. The van der Waals surface area contributed by atoms with E-state index in [1.807, 2.05) is 13.2 Å². The van der Waals surface area contributed by atoms with Gasteiger partial charge in [0.25, 0.3) is 0 Å². The molecule has 0 spiro atoms. The molecule has 0 saturated carbocycles. The summed E-state index contributed by atoms with van der Waals surface area (Å²) < 4.78 is 6.86. The van der Waals surface area contributed by atoms with Crippen molar-refractivity contribution in [2.75, 3.05) is 6.61 Å². The van der Waals surface area contributed by atoms with Crippen molar-refractivity contribution < 1.29 is 9.53 Å². The quantitative estimate of drug-likeness (QED) is 0.788. The van der Waals surface area contributed by atoms with Crippen LogP contribution >= 0.6 is 0 Å². The Morgan fingerprint density at radius 1 is 1.48 bits per heavy atom. The van der Waals surface area contributed by atoms with Gasteiger partial charge in [-0.3, -0.25) is 4.68 Å². The molecule has 110 valence electrons. The van der Waals surface area contributed by atoms with Gasteiger partial charge in [0, 0.05) is 18.8 Å². The molecule has 3 rings (SSSR count). The van der Waals surface area contributed by atoms with Crippen molar-refractivity contribution in [1.29, 1.82) is 0 Å². The summed E-state index contributed by atoms with van der Waals surface area (Å²) in [7, 11) is 1.83. The molecule has 6 heteroatoms. The highest BCUT2D eigenvalue weighted by Gasteiger charge is 2.39. The Bertz CT molecular complexity index is 718. The predicted octanol–water partition coefficient (Wildman–Crippen LogP) is 1.89. The van der Waals surface area contributed by atoms with Crippen LogP contribution in [0.3, 0.4) is 0 Å². The summed E-state index contributed by atoms with van der Waals surface area (Å²) in [5.41, 5.74) is 3.90. The van der Waals surface area contributed by atoms with Gasteiger partial charge in [0.1, 0.15) is 6.33 Å². The summed E-state index contributed by atoms with van der Waals surface area (Å²) in [6.07, 6.45) is 4.14. The van der Waals surface area contributed by atoms with E-state index in [4.69, 9.17) is 4.74 Å². The number of rotatable bonds is 2. The van der Waals surface area contributed by atoms with Crippen molar-refractivity contribution in [3.63, 3.8) is 0 Å². The predicted molar refractivity (Wildman–Crippen MR) is 76.9 cm³/mol. The molecule has 6 nitrogen and oxygen atoms in total. The lowest BCUT2D eigenvalue weighted by atomic mass is 9.73. The number of nitrogens with zero attached hydrogens (tertiary/aromatic N) is 4. The molecule has 0 fully saturated rings. The fraction of sp³-hybridized carbons (Fsp3) is 0.467. The van der Waals surface area contributed by atoms with Gasteiger partial charge in [0.15, 0.2) is 5.69 Å².